The average molecular weight is 260 g/mol. The summed E-state index contributed by atoms with van der Waals surface area (Å²) in [6, 6.07) is 3.25. The first-order valence-electron chi connectivity index (χ1n) is 7.13. The molecule has 0 aromatic rings. The highest BCUT2D eigenvalue weighted by molar-refractivity contribution is 6.73. The molecule has 0 aromatic heterocycles. The highest BCUT2D eigenvalue weighted by Gasteiger charge is 2.38. The summed E-state index contributed by atoms with van der Waals surface area (Å²) < 4.78 is 5.89. The lowest BCUT2D eigenvalue weighted by Gasteiger charge is -2.38. The van der Waals surface area contributed by atoms with Crippen LogP contribution in [0.15, 0.2) is 0 Å². The Hall–Kier alpha value is 0.0969. The number of hydrogen-bond acceptors (Lipinski definition) is 3. The number of aliphatic hydroxyl groups is 1. The molecule has 0 spiro atoms. The van der Waals surface area contributed by atoms with E-state index in [2.05, 4.69) is 20.8 Å². The fourth-order valence-corrected chi connectivity index (χ4v) is 4.77. The van der Waals surface area contributed by atoms with Crippen molar-refractivity contribution in [2.75, 3.05) is 6.61 Å². The Morgan fingerprint density at radius 3 is 1.94 bits per heavy atom. The zero-order valence-electron chi connectivity index (χ0n) is 11.6. The number of hydrogen-bond donors (Lipinski definition) is 1. The van der Waals surface area contributed by atoms with Crippen molar-refractivity contribution < 1.29 is 14.6 Å². The van der Waals surface area contributed by atoms with Crippen LogP contribution in [-0.4, -0.2) is 25.6 Å². The Morgan fingerprint density at radius 2 is 1.53 bits per heavy atom. The first-order chi connectivity index (χ1) is 8.16. The molecule has 102 valence electrons. The molecule has 3 nitrogen and oxygen atoms in total. The molecule has 0 atom stereocenters. The Labute approximate surface area is 107 Å². The zero-order chi connectivity index (χ0) is 12.8. The molecule has 1 rings (SSSR count). The fourth-order valence-electron chi connectivity index (χ4n) is 2.57. The largest absolute Gasteiger partial charge is 0.393 e. The van der Waals surface area contributed by atoms with E-state index in [0.29, 0.717) is 0 Å². The summed E-state index contributed by atoms with van der Waals surface area (Å²) in [6.07, 6.45) is 5.41. The van der Waals surface area contributed by atoms with E-state index in [0.717, 1.165) is 43.8 Å². The molecular weight excluding hydrogens is 232 g/mol. The van der Waals surface area contributed by atoms with Gasteiger partial charge in [0.05, 0.1) is 6.61 Å². The van der Waals surface area contributed by atoms with Crippen LogP contribution in [0.2, 0.25) is 18.1 Å². The first kappa shape index (κ1) is 15.2. The van der Waals surface area contributed by atoms with Crippen molar-refractivity contribution in [1.29, 1.82) is 0 Å². The molecule has 1 aliphatic carbocycles. The molecule has 0 aromatic carbocycles. The van der Waals surface area contributed by atoms with Crippen LogP contribution in [-0.2, 0) is 9.46 Å². The molecule has 0 radical (unpaired) electrons. The Bertz CT molecular complexity index is 202. The minimum atomic E-state index is -1.70. The lowest BCUT2D eigenvalue weighted by atomic mass is 9.86. The third kappa shape index (κ3) is 3.78. The van der Waals surface area contributed by atoms with Crippen LogP contribution < -0.4 is 0 Å². The summed E-state index contributed by atoms with van der Waals surface area (Å²) in [5, 5.41) is 9.57. The lowest BCUT2D eigenvalue weighted by Crippen LogP contribution is -2.45. The van der Waals surface area contributed by atoms with Crippen molar-refractivity contribution >= 4 is 8.32 Å². The van der Waals surface area contributed by atoms with Gasteiger partial charge in [0.15, 0.2) is 0 Å². The van der Waals surface area contributed by atoms with E-state index in [9.17, 15) is 5.11 Å². The summed E-state index contributed by atoms with van der Waals surface area (Å²) in [6.45, 7) is 6.66. The van der Waals surface area contributed by atoms with Crippen molar-refractivity contribution in [1.82, 2.24) is 0 Å². The maximum absolute atomic E-state index is 9.57. The minimum absolute atomic E-state index is 0.0919. The van der Waals surface area contributed by atoms with Crippen LogP contribution in [0, 0.1) is 0 Å². The summed E-state index contributed by atoms with van der Waals surface area (Å²) in [5.74, 6) is 0. The maximum Gasteiger partial charge on any atom is 0.238 e. The molecular formula is C13H28O3Si. The first-order valence-corrected chi connectivity index (χ1v) is 9.66. The summed E-state index contributed by atoms with van der Waals surface area (Å²) >= 11 is 0. The molecule has 1 saturated carbocycles. The average Bonchev–Trinajstić information content (AvgIpc) is 2.42. The molecule has 0 amide bonds. The van der Waals surface area contributed by atoms with Crippen molar-refractivity contribution in [3.05, 3.63) is 0 Å². The van der Waals surface area contributed by atoms with Crippen molar-refractivity contribution in [2.24, 2.45) is 0 Å². The summed E-state index contributed by atoms with van der Waals surface area (Å²) in [4.78, 5) is 5.77. The van der Waals surface area contributed by atoms with E-state index in [1.165, 1.54) is 6.42 Å². The van der Waals surface area contributed by atoms with Gasteiger partial charge in [-0.15, -0.1) is 0 Å². The summed E-state index contributed by atoms with van der Waals surface area (Å²) in [5.41, 5.74) is -0.407. The van der Waals surface area contributed by atoms with E-state index >= 15 is 0 Å². The molecule has 17 heavy (non-hydrogen) atoms. The van der Waals surface area contributed by atoms with E-state index < -0.39 is 13.9 Å². The molecule has 1 aliphatic rings. The number of aliphatic hydroxyl groups excluding tert-OH is 1. The van der Waals surface area contributed by atoms with Crippen LogP contribution in [0.3, 0.4) is 0 Å². The Balaban J connectivity index is 2.56. The third-order valence-electron chi connectivity index (χ3n) is 4.38. The second kappa shape index (κ2) is 6.88. The molecule has 0 unspecified atom stereocenters. The molecule has 0 heterocycles. The van der Waals surface area contributed by atoms with Crippen LogP contribution in [0.1, 0.15) is 52.9 Å². The second-order valence-corrected chi connectivity index (χ2v) is 9.97. The monoisotopic (exact) mass is 260 g/mol. The van der Waals surface area contributed by atoms with Gasteiger partial charge in [-0.2, -0.15) is 0 Å². The molecule has 1 fully saturated rings. The minimum Gasteiger partial charge on any atom is -0.393 e. The Morgan fingerprint density at radius 1 is 1.00 bits per heavy atom. The Kier molecular flexibility index (Phi) is 6.13. The second-order valence-electron chi connectivity index (χ2n) is 5.31. The van der Waals surface area contributed by atoms with Gasteiger partial charge in [-0.05, 0) is 31.0 Å². The van der Waals surface area contributed by atoms with Gasteiger partial charge in [0, 0.05) is 0 Å². The lowest BCUT2D eigenvalue weighted by molar-refractivity contribution is -0.319. The van der Waals surface area contributed by atoms with Gasteiger partial charge in [-0.1, -0.05) is 40.0 Å². The van der Waals surface area contributed by atoms with E-state index in [1.807, 2.05) is 0 Å². The van der Waals surface area contributed by atoms with Gasteiger partial charge in [-0.25, -0.2) is 4.89 Å². The zero-order valence-corrected chi connectivity index (χ0v) is 12.6. The maximum atomic E-state index is 9.57. The predicted molar refractivity (Wildman–Crippen MR) is 72.3 cm³/mol. The van der Waals surface area contributed by atoms with Crippen LogP contribution in [0.4, 0.5) is 0 Å². The molecule has 0 aliphatic heterocycles. The van der Waals surface area contributed by atoms with E-state index in [1.54, 1.807) is 0 Å². The standard InChI is InChI=1S/C13H28O3Si/c1-4-17(5-2,6-3)16-15-13(12-14)10-8-7-9-11-13/h14H,4-12H2,1-3H3. The SMILES string of the molecule is CC[Si](CC)(CC)OOC1(CO)CCCCC1. The van der Waals surface area contributed by atoms with Crippen LogP contribution >= 0.6 is 0 Å². The van der Waals surface area contributed by atoms with Gasteiger partial charge < -0.3 is 5.11 Å². The van der Waals surface area contributed by atoms with Gasteiger partial charge in [0.25, 0.3) is 0 Å². The third-order valence-corrected chi connectivity index (χ3v) is 8.68. The van der Waals surface area contributed by atoms with Gasteiger partial charge in [0.1, 0.15) is 5.60 Å². The normalized spacial score (nSPS) is 20.5. The van der Waals surface area contributed by atoms with Crippen molar-refractivity contribution in [3.8, 4) is 0 Å². The molecule has 0 saturated heterocycles. The van der Waals surface area contributed by atoms with E-state index in [-0.39, 0.29) is 6.61 Å². The van der Waals surface area contributed by atoms with Gasteiger partial charge in [-0.3, -0.25) is 4.58 Å². The highest BCUT2D eigenvalue weighted by Crippen LogP contribution is 2.33. The van der Waals surface area contributed by atoms with Crippen LogP contribution in [0.5, 0.6) is 0 Å². The topological polar surface area (TPSA) is 38.7 Å². The van der Waals surface area contributed by atoms with Gasteiger partial charge >= 0.3 is 0 Å². The summed E-state index contributed by atoms with van der Waals surface area (Å²) in [7, 11) is -1.70. The number of rotatable bonds is 7. The highest BCUT2D eigenvalue weighted by atomic mass is 28.4. The van der Waals surface area contributed by atoms with Gasteiger partial charge in [0.2, 0.25) is 8.32 Å². The predicted octanol–water partition coefficient (Wildman–Crippen LogP) is 3.64. The smallest absolute Gasteiger partial charge is 0.238 e. The van der Waals surface area contributed by atoms with Crippen LogP contribution in [0.25, 0.3) is 0 Å². The van der Waals surface area contributed by atoms with E-state index in [4.69, 9.17) is 9.46 Å². The molecule has 4 heteroatoms. The quantitative estimate of drug-likeness (QED) is 0.431. The molecule has 1 N–H and O–H groups in total. The fraction of sp³-hybridized carbons (Fsp3) is 1.00. The molecule has 0 bridgehead atoms. The van der Waals surface area contributed by atoms with Crippen molar-refractivity contribution in [3.63, 3.8) is 0 Å². The van der Waals surface area contributed by atoms with Crippen molar-refractivity contribution in [2.45, 2.75) is 76.6 Å².